The predicted octanol–water partition coefficient (Wildman–Crippen LogP) is 1.50. The van der Waals surface area contributed by atoms with Gasteiger partial charge in [-0.3, -0.25) is 4.79 Å². The lowest BCUT2D eigenvalue weighted by Gasteiger charge is -2.37. The summed E-state index contributed by atoms with van der Waals surface area (Å²) < 4.78 is 0. The summed E-state index contributed by atoms with van der Waals surface area (Å²) in [5, 5.41) is 5.49. The van der Waals surface area contributed by atoms with Crippen molar-refractivity contribution in [3.05, 3.63) is 46.8 Å². The lowest BCUT2D eigenvalue weighted by molar-refractivity contribution is -0.127. The maximum Gasteiger partial charge on any atom is 0.243 e. The molecule has 0 radical (unpaired) electrons. The Kier molecular flexibility index (Phi) is 6.64. The van der Waals surface area contributed by atoms with E-state index in [4.69, 9.17) is 0 Å². The summed E-state index contributed by atoms with van der Waals surface area (Å²) in [6.07, 6.45) is 1.82. The van der Waals surface area contributed by atoms with E-state index in [1.807, 2.05) is 30.5 Å². The van der Waals surface area contributed by atoms with Crippen LogP contribution < -0.4 is 10.2 Å². The zero-order chi connectivity index (χ0) is 19.1. The van der Waals surface area contributed by atoms with Crippen molar-refractivity contribution in [3.63, 3.8) is 0 Å². The second-order valence-electron chi connectivity index (χ2n) is 6.52. The molecule has 7 nitrogen and oxygen atoms in total. The first-order valence-electron chi connectivity index (χ1n) is 9.05. The lowest BCUT2D eigenvalue weighted by Crippen LogP contribution is -2.52. The molecule has 144 valence electrons. The molecule has 3 heterocycles. The summed E-state index contributed by atoms with van der Waals surface area (Å²) in [5.41, 5.74) is 0. The van der Waals surface area contributed by atoms with Gasteiger partial charge in [-0.2, -0.15) is 0 Å². The summed E-state index contributed by atoms with van der Waals surface area (Å²) in [7, 11) is 3.50. The number of carbonyl (C=O) groups is 1. The normalized spacial score (nSPS) is 15.0. The number of hydrogen-bond donors (Lipinski definition) is 1. The van der Waals surface area contributed by atoms with Crippen LogP contribution in [0.4, 0.5) is 5.82 Å². The number of anilines is 1. The number of likely N-dealkylation sites (N-methyl/N-ethyl adjacent to an activating group) is 1. The summed E-state index contributed by atoms with van der Waals surface area (Å²) in [5.74, 6) is 1.79. The number of hydrogen-bond acceptors (Lipinski definition) is 5. The number of nitrogens with one attached hydrogen (secondary N) is 1. The number of amides is 1. The van der Waals surface area contributed by atoms with E-state index >= 15 is 0 Å². The molecule has 0 spiro atoms. The lowest BCUT2D eigenvalue weighted by atomic mass is 10.3. The van der Waals surface area contributed by atoms with E-state index in [1.165, 1.54) is 4.88 Å². The maximum atomic E-state index is 12.0. The SMILES string of the molecule is CN(C)C(=O)CN=C(NCc1cccs1)N1CCN(c2ccccn2)CC1. The Balaban J connectivity index is 1.63. The molecule has 1 fully saturated rings. The Bertz CT molecular complexity index is 739. The van der Waals surface area contributed by atoms with Gasteiger partial charge in [0.15, 0.2) is 5.96 Å². The van der Waals surface area contributed by atoms with Gasteiger partial charge < -0.3 is 20.0 Å². The molecule has 0 aromatic carbocycles. The van der Waals surface area contributed by atoms with Gasteiger partial charge in [0.1, 0.15) is 12.4 Å². The number of thiophene rings is 1. The summed E-state index contributed by atoms with van der Waals surface area (Å²) in [4.78, 5) is 28.3. The van der Waals surface area contributed by atoms with E-state index < -0.39 is 0 Å². The van der Waals surface area contributed by atoms with Crippen LogP contribution in [-0.4, -0.2) is 73.5 Å². The van der Waals surface area contributed by atoms with Crippen molar-refractivity contribution in [1.82, 2.24) is 20.1 Å². The van der Waals surface area contributed by atoms with Gasteiger partial charge in [0.25, 0.3) is 0 Å². The van der Waals surface area contributed by atoms with Crippen molar-refractivity contribution in [1.29, 1.82) is 0 Å². The highest BCUT2D eigenvalue weighted by molar-refractivity contribution is 7.09. The van der Waals surface area contributed by atoms with Gasteiger partial charge in [-0.25, -0.2) is 9.98 Å². The quantitative estimate of drug-likeness (QED) is 0.623. The largest absolute Gasteiger partial charge is 0.353 e. The van der Waals surface area contributed by atoms with Crippen LogP contribution in [0.1, 0.15) is 4.88 Å². The fourth-order valence-corrected chi connectivity index (χ4v) is 3.46. The third-order valence-electron chi connectivity index (χ3n) is 4.42. The number of pyridine rings is 1. The second kappa shape index (κ2) is 9.36. The van der Waals surface area contributed by atoms with Crippen LogP contribution in [0, 0.1) is 0 Å². The molecule has 0 aliphatic carbocycles. The van der Waals surface area contributed by atoms with Gasteiger partial charge in [0.05, 0.1) is 6.54 Å². The average molecular weight is 387 g/mol. The molecule has 3 rings (SSSR count). The van der Waals surface area contributed by atoms with Crippen LogP contribution in [0.3, 0.4) is 0 Å². The van der Waals surface area contributed by atoms with Crippen LogP contribution in [0.2, 0.25) is 0 Å². The number of guanidine groups is 1. The molecule has 1 N–H and O–H groups in total. The minimum atomic E-state index is -0.00227. The summed E-state index contributed by atoms with van der Waals surface area (Å²) >= 11 is 1.71. The molecule has 0 atom stereocenters. The van der Waals surface area contributed by atoms with Crippen molar-refractivity contribution >= 4 is 29.0 Å². The molecule has 0 bridgehead atoms. The third kappa shape index (κ3) is 5.43. The first-order chi connectivity index (χ1) is 13.1. The Morgan fingerprint density at radius 3 is 2.67 bits per heavy atom. The highest BCUT2D eigenvalue weighted by atomic mass is 32.1. The third-order valence-corrected chi connectivity index (χ3v) is 5.29. The molecule has 8 heteroatoms. The number of piperazine rings is 1. The van der Waals surface area contributed by atoms with E-state index in [1.54, 1.807) is 30.3 Å². The standard InChI is InChI=1S/C19H26N6OS/c1-23(2)18(26)15-22-19(21-14-16-6-5-13-27-16)25-11-9-24(10-12-25)17-7-3-4-8-20-17/h3-8,13H,9-12,14-15H2,1-2H3,(H,21,22). The van der Waals surface area contributed by atoms with Crippen molar-refractivity contribution in [2.75, 3.05) is 51.7 Å². The number of carbonyl (C=O) groups excluding carboxylic acids is 1. The molecule has 1 aliphatic rings. The Labute approximate surface area is 164 Å². The fourth-order valence-electron chi connectivity index (χ4n) is 2.82. The molecule has 2 aromatic heterocycles. The topological polar surface area (TPSA) is 64.1 Å². The van der Waals surface area contributed by atoms with Gasteiger partial charge >= 0.3 is 0 Å². The van der Waals surface area contributed by atoms with Crippen molar-refractivity contribution in [3.8, 4) is 0 Å². The molecule has 1 amide bonds. The summed E-state index contributed by atoms with van der Waals surface area (Å²) in [6, 6.07) is 10.1. The average Bonchev–Trinajstić information content (AvgIpc) is 3.22. The van der Waals surface area contributed by atoms with Crippen LogP contribution in [-0.2, 0) is 11.3 Å². The number of aliphatic imine (C=N–C) groups is 1. The van der Waals surface area contributed by atoms with E-state index in [0.717, 1.165) is 38.0 Å². The molecular weight excluding hydrogens is 360 g/mol. The van der Waals surface area contributed by atoms with E-state index in [-0.39, 0.29) is 12.5 Å². The Morgan fingerprint density at radius 2 is 2.04 bits per heavy atom. The molecule has 27 heavy (non-hydrogen) atoms. The maximum absolute atomic E-state index is 12.0. The van der Waals surface area contributed by atoms with Crippen LogP contribution in [0.5, 0.6) is 0 Å². The Hall–Kier alpha value is -2.61. The van der Waals surface area contributed by atoms with Gasteiger partial charge in [-0.1, -0.05) is 12.1 Å². The minimum Gasteiger partial charge on any atom is -0.353 e. The number of aromatic nitrogens is 1. The zero-order valence-electron chi connectivity index (χ0n) is 15.8. The van der Waals surface area contributed by atoms with E-state index in [2.05, 4.69) is 36.5 Å². The van der Waals surface area contributed by atoms with Gasteiger partial charge in [-0.05, 0) is 23.6 Å². The molecule has 2 aromatic rings. The smallest absolute Gasteiger partial charge is 0.243 e. The fraction of sp³-hybridized carbons (Fsp3) is 0.421. The van der Waals surface area contributed by atoms with Crippen LogP contribution in [0.15, 0.2) is 46.9 Å². The molecular formula is C19H26N6OS. The van der Waals surface area contributed by atoms with Crippen LogP contribution in [0.25, 0.3) is 0 Å². The minimum absolute atomic E-state index is 0.00227. The van der Waals surface area contributed by atoms with Gasteiger partial charge in [-0.15, -0.1) is 11.3 Å². The predicted molar refractivity (Wildman–Crippen MR) is 110 cm³/mol. The second-order valence-corrected chi connectivity index (χ2v) is 7.56. The van der Waals surface area contributed by atoms with Crippen molar-refractivity contribution < 1.29 is 4.79 Å². The highest BCUT2D eigenvalue weighted by Crippen LogP contribution is 2.13. The van der Waals surface area contributed by atoms with Crippen molar-refractivity contribution in [2.45, 2.75) is 6.54 Å². The zero-order valence-corrected chi connectivity index (χ0v) is 16.7. The Morgan fingerprint density at radius 1 is 1.22 bits per heavy atom. The first kappa shape index (κ1) is 19.2. The molecule has 0 unspecified atom stereocenters. The number of rotatable bonds is 5. The first-order valence-corrected chi connectivity index (χ1v) is 9.93. The number of nitrogens with zero attached hydrogens (tertiary/aromatic N) is 5. The molecule has 1 saturated heterocycles. The van der Waals surface area contributed by atoms with Gasteiger partial charge in [0.2, 0.25) is 5.91 Å². The molecule has 1 aliphatic heterocycles. The van der Waals surface area contributed by atoms with Crippen molar-refractivity contribution in [2.24, 2.45) is 4.99 Å². The van der Waals surface area contributed by atoms with E-state index in [0.29, 0.717) is 6.54 Å². The highest BCUT2D eigenvalue weighted by Gasteiger charge is 2.21. The monoisotopic (exact) mass is 386 g/mol. The van der Waals surface area contributed by atoms with Crippen LogP contribution >= 0.6 is 11.3 Å². The summed E-state index contributed by atoms with van der Waals surface area (Å²) in [6.45, 7) is 4.29. The molecule has 0 saturated carbocycles. The van der Waals surface area contributed by atoms with E-state index in [9.17, 15) is 4.79 Å². The van der Waals surface area contributed by atoms with Gasteiger partial charge in [0, 0.05) is 51.3 Å².